The molecule has 18 heavy (non-hydrogen) atoms. The molecule has 1 aliphatic heterocycles. The van der Waals surface area contributed by atoms with Gasteiger partial charge in [-0.1, -0.05) is 11.3 Å². The van der Waals surface area contributed by atoms with Crippen LogP contribution in [0.15, 0.2) is 0 Å². The third kappa shape index (κ3) is 2.79. The smallest absolute Gasteiger partial charge is 0.413 e. The van der Waals surface area contributed by atoms with Crippen molar-refractivity contribution in [3.8, 4) is 0 Å². The Hall–Kier alpha value is -1.19. The summed E-state index contributed by atoms with van der Waals surface area (Å²) in [5.74, 6) is 0. The number of thiazole rings is 1. The second-order valence-corrected chi connectivity index (χ2v) is 6.92. The molecule has 1 aromatic rings. The number of sulfonamides is 1. The van der Waals surface area contributed by atoms with Gasteiger partial charge in [-0.3, -0.25) is 5.32 Å². The number of aromatic nitrogens is 1. The first-order valence-electron chi connectivity index (χ1n) is 5.19. The molecule has 1 N–H and O–H groups in total. The molecule has 0 radical (unpaired) electrons. The largest absolute Gasteiger partial charge is 0.453 e. The van der Waals surface area contributed by atoms with Crippen molar-refractivity contribution in [1.29, 1.82) is 0 Å². The second kappa shape index (κ2) is 4.82. The van der Waals surface area contributed by atoms with E-state index in [9.17, 15) is 13.2 Å². The summed E-state index contributed by atoms with van der Waals surface area (Å²) >= 11 is 1.27. The topological polar surface area (TPSA) is 88.6 Å². The van der Waals surface area contributed by atoms with Gasteiger partial charge in [0, 0.05) is 24.4 Å². The molecule has 2 rings (SSSR count). The van der Waals surface area contributed by atoms with Gasteiger partial charge >= 0.3 is 6.09 Å². The minimum absolute atomic E-state index is 0.314. The molecule has 100 valence electrons. The Morgan fingerprint density at radius 2 is 2.28 bits per heavy atom. The van der Waals surface area contributed by atoms with Crippen LogP contribution < -0.4 is 5.32 Å². The lowest BCUT2D eigenvalue weighted by molar-refractivity contribution is 0.187. The van der Waals surface area contributed by atoms with E-state index >= 15 is 0 Å². The minimum Gasteiger partial charge on any atom is -0.453 e. The van der Waals surface area contributed by atoms with Crippen LogP contribution in [0.5, 0.6) is 0 Å². The van der Waals surface area contributed by atoms with E-state index in [1.165, 1.54) is 29.0 Å². The van der Waals surface area contributed by atoms with Gasteiger partial charge in [-0.25, -0.2) is 18.2 Å². The number of carbonyl (C=O) groups is 1. The normalized spacial score (nSPS) is 16.1. The second-order valence-electron chi connectivity index (χ2n) is 3.85. The van der Waals surface area contributed by atoms with E-state index in [0.717, 1.165) is 10.6 Å². The first-order chi connectivity index (χ1) is 8.40. The van der Waals surface area contributed by atoms with Crippen molar-refractivity contribution >= 4 is 32.6 Å². The van der Waals surface area contributed by atoms with Crippen molar-refractivity contribution < 1.29 is 17.9 Å². The van der Waals surface area contributed by atoms with E-state index in [0.29, 0.717) is 24.6 Å². The lowest BCUT2D eigenvalue weighted by Crippen LogP contribution is -2.34. The van der Waals surface area contributed by atoms with Gasteiger partial charge in [-0.2, -0.15) is 4.31 Å². The summed E-state index contributed by atoms with van der Waals surface area (Å²) in [7, 11) is -1.91. The summed E-state index contributed by atoms with van der Waals surface area (Å²) in [5, 5.41) is 2.91. The number of hydrogen-bond acceptors (Lipinski definition) is 6. The highest BCUT2D eigenvalue weighted by Crippen LogP contribution is 2.29. The third-order valence-electron chi connectivity index (χ3n) is 2.56. The summed E-state index contributed by atoms with van der Waals surface area (Å²) in [6.45, 7) is 0.738. The predicted octanol–water partition coefficient (Wildman–Crippen LogP) is 0.639. The summed E-state index contributed by atoms with van der Waals surface area (Å²) in [6.07, 6.45) is 1.16. The number of amides is 1. The fraction of sp³-hybridized carbons (Fsp3) is 0.556. The zero-order chi connectivity index (χ0) is 13.3. The quantitative estimate of drug-likeness (QED) is 0.863. The van der Waals surface area contributed by atoms with Crippen molar-refractivity contribution in [1.82, 2.24) is 9.29 Å². The van der Waals surface area contributed by atoms with Crippen LogP contribution in [0.1, 0.15) is 10.6 Å². The first-order valence-corrected chi connectivity index (χ1v) is 7.85. The molecule has 0 unspecified atom stereocenters. The molecule has 0 aromatic carbocycles. The molecular formula is C9H13N3O4S2. The zero-order valence-electron chi connectivity index (χ0n) is 9.97. The summed E-state index contributed by atoms with van der Waals surface area (Å²) in [6, 6.07) is 0. The van der Waals surface area contributed by atoms with E-state index < -0.39 is 16.1 Å². The van der Waals surface area contributed by atoms with E-state index in [2.05, 4.69) is 15.0 Å². The van der Waals surface area contributed by atoms with Gasteiger partial charge in [0.2, 0.25) is 10.0 Å². The minimum atomic E-state index is -3.19. The number of anilines is 1. The van der Waals surface area contributed by atoms with E-state index in [4.69, 9.17) is 0 Å². The molecule has 0 fully saturated rings. The SMILES string of the molecule is COC(=O)Nc1nc2c(s1)CN(S(C)(=O)=O)CC2. The van der Waals surface area contributed by atoms with Crippen LogP contribution in [-0.4, -0.2) is 43.7 Å². The van der Waals surface area contributed by atoms with Crippen LogP contribution >= 0.6 is 11.3 Å². The highest BCUT2D eigenvalue weighted by Gasteiger charge is 2.26. The number of fused-ring (bicyclic) bond motifs is 1. The maximum Gasteiger partial charge on any atom is 0.413 e. The maximum atomic E-state index is 11.4. The average molecular weight is 291 g/mol. The Morgan fingerprint density at radius 1 is 1.56 bits per heavy atom. The van der Waals surface area contributed by atoms with Crippen molar-refractivity contribution in [2.24, 2.45) is 0 Å². The van der Waals surface area contributed by atoms with Gasteiger partial charge in [-0.15, -0.1) is 0 Å². The summed E-state index contributed by atoms with van der Waals surface area (Å²) in [4.78, 5) is 16.1. The van der Waals surface area contributed by atoms with E-state index in [-0.39, 0.29) is 0 Å². The predicted molar refractivity (Wildman–Crippen MR) is 67.1 cm³/mol. The molecular weight excluding hydrogens is 278 g/mol. The molecule has 0 bridgehead atoms. The van der Waals surface area contributed by atoms with Gasteiger partial charge in [0.25, 0.3) is 0 Å². The van der Waals surface area contributed by atoms with Crippen molar-refractivity contribution in [3.63, 3.8) is 0 Å². The Kier molecular flexibility index (Phi) is 3.55. The maximum absolute atomic E-state index is 11.4. The number of ether oxygens (including phenoxy) is 1. The van der Waals surface area contributed by atoms with Gasteiger partial charge in [-0.05, 0) is 0 Å². The van der Waals surface area contributed by atoms with E-state index in [1.54, 1.807) is 0 Å². The molecule has 0 aliphatic carbocycles. The summed E-state index contributed by atoms with van der Waals surface area (Å²) in [5.41, 5.74) is 0.839. The van der Waals surface area contributed by atoms with Crippen LogP contribution in [0, 0.1) is 0 Å². The lowest BCUT2D eigenvalue weighted by Gasteiger charge is -2.23. The highest BCUT2D eigenvalue weighted by molar-refractivity contribution is 7.88. The molecule has 0 spiro atoms. The van der Waals surface area contributed by atoms with Crippen molar-refractivity contribution in [2.75, 3.05) is 25.2 Å². The van der Waals surface area contributed by atoms with E-state index in [1.807, 2.05) is 0 Å². The molecule has 7 nitrogen and oxygen atoms in total. The average Bonchev–Trinajstić information content (AvgIpc) is 2.68. The van der Waals surface area contributed by atoms with Crippen LogP contribution in [0.2, 0.25) is 0 Å². The highest BCUT2D eigenvalue weighted by atomic mass is 32.2. The number of rotatable bonds is 2. The zero-order valence-corrected chi connectivity index (χ0v) is 11.6. The third-order valence-corrected chi connectivity index (χ3v) is 4.81. The Bertz CT molecular complexity index is 566. The van der Waals surface area contributed by atoms with Crippen LogP contribution in [-0.2, 0) is 27.7 Å². The number of nitrogens with one attached hydrogen (secondary N) is 1. The first kappa shape index (κ1) is 13.2. The Balaban J connectivity index is 2.16. The number of carbonyl (C=O) groups excluding carboxylic acids is 1. The molecule has 0 atom stereocenters. The van der Waals surface area contributed by atoms with Gasteiger partial charge in [0.15, 0.2) is 5.13 Å². The number of methoxy groups -OCH3 is 1. The number of nitrogens with zero attached hydrogens (tertiary/aromatic N) is 2. The molecule has 1 amide bonds. The van der Waals surface area contributed by atoms with Crippen molar-refractivity contribution in [2.45, 2.75) is 13.0 Å². The monoisotopic (exact) mass is 291 g/mol. The van der Waals surface area contributed by atoms with Crippen LogP contribution in [0.25, 0.3) is 0 Å². The standard InChI is InChI=1S/C9H13N3O4S2/c1-16-9(13)11-8-10-6-3-4-12(18(2,14)15)5-7(6)17-8/h3-5H2,1-2H3,(H,10,11,13). The van der Waals surface area contributed by atoms with Gasteiger partial charge in [0.1, 0.15) is 0 Å². The summed E-state index contributed by atoms with van der Waals surface area (Å²) < 4.78 is 28.8. The Labute approximate surface area is 109 Å². The lowest BCUT2D eigenvalue weighted by atomic mass is 10.2. The van der Waals surface area contributed by atoms with Crippen molar-refractivity contribution in [3.05, 3.63) is 10.6 Å². The Morgan fingerprint density at radius 3 is 2.89 bits per heavy atom. The molecule has 9 heteroatoms. The molecule has 1 aromatic heterocycles. The molecule has 1 aliphatic rings. The fourth-order valence-corrected chi connectivity index (χ4v) is 3.52. The van der Waals surface area contributed by atoms with Gasteiger partial charge in [0.05, 0.1) is 19.1 Å². The van der Waals surface area contributed by atoms with Crippen LogP contribution in [0.4, 0.5) is 9.93 Å². The number of hydrogen-bond donors (Lipinski definition) is 1. The van der Waals surface area contributed by atoms with Crippen LogP contribution in [0.3, 0.4) is 0 Å². The molecule has 0 saturated carbocycles. The molecule has 2 heterocycles. The molecule has 0 saturated heterocycles. The fourth-order valence-electron chi connectivity index (χ4n) is 1.65. The van der Waals surface area contributed by atoms with Gasteiger partial charge < -0.3 is 4.74 Å².